The standard InChI is InChI=1S/C22H27NO5S/c1-6-9-28-22(26)17-13(4)23-14-10-11(2)16(21(25)27-5)20(24)18(14)19(17)15-8-7-12(3)29-15/h7-8,11,16,19,23H,6,9-10H2,1-5H3/t11-,16+,19+/m1/s1. The summed E-state index contributed by atoms with van der Waals surface area (Å²) in [4.78, 5) is 40.7. The van der Waals surface area contributed by atoms with E-state index in [0.29, 0.717) is 36.3 Å². The molecule has 1 N–H and O–H groups in total. The first kappa shape index (κ1) is 21.3. The van der Waals surface area contributed by atoms with Gasteiger partial charge in [-0.1, -0.05) is 13.8 Å². The van der Waals surface area contributed by atoms with Crippen molar-refractivity contribution in [1.82, 2.24) is 5.32 Å². The highest BCUT2D eigenvalue weighted by molar-refractivity contribution is 7.12. The topological polar surface area (TPSA) is 81.7 Å². The molecule has 1 aromatic heterocycles. The first-order valence-electron chi connectivity index (χ1n) is 9.86. The number of allylic oxidation sites excluding steroid dienone is 3. The van der Waals surface area contributed by atoms with Crippen LogP contribution >= 0.6 is 11.3 Å². The number of rotatable bonds is 5. The highest BCUT2D eigenvalue weighted by atomic mass is 32.1. The lowest BCUT2D eigenvalue weighted by molar-refractivity contribution is -0.151. The second-order valence-corrected chi connectivity index (χ2v) is 8.94. The van der Waals surface area contributed by atoms with Crippen LogP contribution in [0.25, 0.3) is 0 Å². The highest BCUT2D eigenvalue weighted by Crippen LogP contribution is 2.46. The molecule has 3 rings (SSSR count). The SMILES string of the molecule is CCCOC(=O)C1=C(C)NC2=C(C(=O)[C@@H](C(=O)OC)[C@H](C)C2)[C@H]1c1ccc(C)s1. The summed E-state index contributed by atoms with van der Waals surface area (Å²) in [5.41, 5.74) is 2.39. The van der Waals surface area contributed by atoms with E-state index in [-0.39, 0.29) is 11.7 Å². The average Bonchev–Trinajstić information content (AvgIpc) is 3.10. The van der Waals surface area contributed by atoms with Crippen LogP contribution < -0.4 is 5.32 Å². The molecule has 1 aromatic rings. The van der Waals surface area contributed by atoms with Crippen LogP contribution in [-0.4, -0.2) is 31.4 Å². The number of esters is 2. The summed E-state index contributed by atoms with van der Waals surface area (Å²) < 4.78 is 10.3. The predicted molar refractivity (Wildman–Crippen MR) is 110 cm³/mol. The third kappa shape index (κ3) is 3.88. The molecule has 0 bridgehead atoms. The van der Waals surface area contributed by atoms with Gasteiger partial charge in [0.2, 0.25) is 0 Å². The van der Waals surface area contributed by atoms with Crippen molar-refractivity contribution in [3.63, 3.8) is 0 Å². The number of hydrogen-bond donors (Lipinski definition) is 1. The maximum atomic E-state index is 13.5. The third-order valence-electron chi connectivity index (χ3n) is 5.45. The smallest absolute Gasteiger partial charge is 0.336 e. The molecule has 29 heavy (non-hydrogen) atoms. The molecule has 0 amide bonds. The molecule has 0 radical (unpaired) electrons. The molecule has 156 valence electrons. The lowest BCUT2D eigenvalue weighted by Crippen LogP contribution is -2.43. The van der Waals surface area contributed by atoms with Gasteiger partial charge in [0.25, 0.3) is 0 Å². The average molecular weight is 418 g/mol. The zero-order valence-corrected chi connectivity index (χ0v) is 18.3. The molecule has 2 heterocycles. The Bertz CT molecular complexity index is 910. The van der Waals surface area contributed by atoms with Crippen molar-refractivity contribution in [2.45, 2.75) is 46.5 Å². The van der Waals surface area contributed by atoms with Crippen molar-refractivity contribution in [1.29, 1.82) is 0 Å². The second kappa shape index (κ2) is 8.53. The number of methoxy groups -OCH3 is 1. The summed E-state index contributed by atoms with van der Waals surface area (Å²) in [5.74, 6) is -2.83. The lowest BCUT2D eigenvalue weighted by Gasteiger charge is -2.37. The van der Waals surface area contributed by atoms with Crippen molar-refractivity contribution in [3.05, 3.63) is 44.4 Å². The van der Waals surface area contributed by atoms with E-state index in [4.69, 9.17) is 9.47 Å². The van der Waals surface area contributed by atoms with Gasteiger partial charge in [-0.25, -0.2) is 4.79 Å². The van der Waals surface area contributed by atoms with Gasteiger partial charge in [0, 0.05) is 26.7 Å². The molecule has 0 unspecified atom stereocenters. The van der Waals surface area contributed by atoms with Crippen molar-refractivity contribution in [2.75, 3.05) is 13.7 Å². The van der Waals surface area contributed by atoms with Gasteiger partial charge in [-0.2, -0.15) is 0 Å². The van der Waals surface area contributed by atoms with Crippen LogP contribution in [0.1, 0.15) is 49.3 Å². The van der Waals surface area contributed by atoms with E-state index in [9.17, 15) is 14.4 Å². The molecule has 0 saturated carbocycles. The molecule has 0 fully saturated rings. The number of carbonyl (C=O) groups is 3. The van der Waals surface area contributed by atoms with E-state index < -0.39 is 23.8 Å². The molecule has 0 saturated heterocycles. The van der Waals surface area contributed by atoms with Gasteiger partial charge in [0.1, 0.15) is 5.92 Å². The fourth-order valence-corrected chi connectivity index (χ4v) is 5.11. The van der Waals surface area contributed by atoms with Crippen LogP contribution in [-0.2, 0) is 23.9 Å². The van der Waals surface area contributed by atoms with E-state index in [0.717, 1.165) is 15.5 Å². The zero-order chi connectivity index (χ0) is 21.3. The van der Waals surface area contributed by atoms with Crippen LogP contribution in [0, 0.1) is 18.8 Å². The number of carbonyl (C=O) groups excluding carboxylic acids is 3. The summed E-state index contributed by atoms with van der Waals surface area (Å²) >= 11 is 1.54. The molecule has 6 nitrogen and oxygen atoms in total. The van der Waals surface area contributed by atoms with Crippen molar-refractivity contribution in [2.24, 2.45) is 11.8 Å². The largest absolute Gasteiger partial charge is 0.468 e. The van der Waals surface area contributed by atoms with Crippen LogP contribution in [0.2, 0.25) is 0 Å². The highest BCUT2D eigenvalue weighted by Gasteiger charge is 2.47. The zero-order valence-electron chi connectivity index (χ0n) is 17.5. The summed E-state index contributed by atoms with van der Waals surface area (Å²) in [6.07, 6.45) is 1.25. The predicted octanol–water partition coefficient (Wildman–Crippen LogP) is 3.62. The van der Waals surface area contributed by atoms with Gasteiger partial charge >= 0.3 is 11.9 Å². The Labute approximate surface area is 175 Å². The van der Waals surface area contributed by atoms with Crippen molar-refractivity contribution in [3.8, 4) is 0 Å². The van der Waals surface area contributed by atoms with Gasteiger partial charge in [-0.05, 0) is 44.7 Å². The maximum absolute atomic E-state index is 13.5. The van der Waals surface area contributed by atoms with Gasteiger partial charge < -0.3 is 14.8 Å². The van der Waals surface area contributed by atoms with Crippen LogP contribution in [0.4, 0.5) is 0 Å². The van der Waals surface area contributed by atoms with Crippen LogP contribution in [0.15, 0.2) is 34.7 Å². The van der Waals surface area contributed by atoms with E-state index in [1.165, 1.54) is 7.11 Å². The summed E-state index contributed by atoms with van der Waals surface area (Å²) in [6, 6.07) is 3.92. The van der Waals surface area contributed by atoms with Gasteiger partial charge in [0.05, 0.1) is 25.2 Å². The molecule has 7 heteroatoms. The number of dihydropyridines is 1. The van der Waals surface area contributed by atoms with Gasteiger partial charge in [0.15, 0.2) is 5.78 Å². The fourth-order valence-electron chi connectivity index (χ4n) is 4.12. The number of hydrogen-bond acceptors (Lipinski definition) is 7. The summed E-state index contributed by atoms with van der Waals surface area (Å²) in [5, 5.41) is 3.26. The van der Waals surface area contributed by atoms with Crippen molar-refractivity contribution < 1.29 is 23.9 Å². The molecule has 3 atom stereocenters. The molecule has 1 aliphatic carbocycles. The second-order valence-electron chi connectivity index (χ2n) is 7.62. The fraction of sp³-hybridized carbons (Fsp3) is 0.500. The Balaban J connectivity index is 2.13. The Hall–Kier alpha value is -2.41. The number of nitrogens with one attached hydrogen (secondary N) is 1. The number of ether oxygens (including phenoxy) is 2. The first-order valence-corrected chi connectivity index (χ1v) is 10.7. The van der Waals surface area contributed by atoms with Gasteiger partial charge in [-0.15, -0.1) is 11.3 Å². The minimum Gasteiger partial charge on any atom is -0.468 e. The molecule has 1 aliphatic heterocycles. The Morgan fingerprint density at radius 2 is 2.00 bits per heavy atom. The first-order chi connectivity index (χ1) is 13.8. The molecular formula is C22H27NO5S. The normalized spacial score (nSPS) is 24.2. The van der Waals surface area contributed by atoms with E-state index in [1.807, 2.05) is 39.8 Å². The molecule has 0 aromatic carbocycles. The molecular weight excluding hydrogens is 390 g/mol. The van der Waals surface area contributed by atoms with E-state index in [2.05, 4.69) is 5.32 Å². The quantitative estimate of drug-likeness (QED) is 0.582. The molecule has 0 spiro atoms. The van der Waals surface area contributed by atoms with E-state index >= 15 is 0 Å². The Kier molecular flexibility index (Phi) is 6.27. The van der Waals surface area contributed by atoms with Crippen LogP contribution in [0.5, 0.6) is 0 Å². The minimum absolute atomic E-state index is 0.187. The monoisotopic (exact) mass is 417 g/mol. The van der Waals surface area contributed by atoms with Gasteiger partial charge in [-0.3, -0.25) is 9.59 Å². The number of aryl methyl sites for hydroxylation is 1. The lowest BCUT2D eigenvalue weighted by atomic mass is 9.70. The summed E-state index contributed by atoms with van der Waals surface area (Å²) in [7, 11) is 1.29. The minimum atomic E-state index is -0.865. The Morgan fingerprint density at radius 3 is 2.59 bits per heavy atom. The number of Topliss-reactive ketones (excluding diaryl/α,β-unsaturated/α-hetero) is 1. The molecule has 2 aliphatic rings. The maximum Gasteiger partial charge on any atom is 0.336 e. The number of ketones is 1. The van der Waals surface area contributed by atoms with Crippen molar-refractivity contribution >= 4 is 29.1 Å². The summed E-state index contributed by atoms with van der Waals surface area (Å²) in [6.45, 7) is 7.94. The Morgan fingerprint density at radius 1 is 1.28 bits per heavy atom. The number of thiophene rings is 1. The third-order valence-corrected chi connectivity index (χ3v) is 6.51. The van der Waals surface area contributed by atoms with Crippen LogP contribution in [0.3, 0.4) is 0 Å². The van der Waals surface area contributed by atoms with E-state index in [1.54, 1.807) is 11.3 Å².